The maximum atomic E-state index is 11.6. The second-order valence-corrected chi connectivity index (χ2v) is 5.03. The van der Waals surface area contributed by atoms with Gasteiger partial charge in [-0.1, -0.05) is 0 Å². The van der Waals surface area contributed by atoms with Crippen LogP contribution in [0.1, 0.15) is 27.2 Å². The minimum absolute atomic E-state index is 0.165. The van der Waals surface area contributed by atoms with E-state index in [1.807, 2.05) is 20.8 Å². The molecular formula is C10H20N2O3. The summed E-state index contributed by atoms with van der Waals surface area (Å²) in [7, 11) is 0. The highest BCUT2D eigenvalue weighted by Gasteiger charge is 2.29. The summed E-state index contributed by atoms with van der Waals surface area (Å²) in [5.74, 6) is 0. The third-order valence-corrected chi connectivity index (χ3v) is 2.11. The van der Waals surface area contributed by atoms with Gasteiger partial charge in [0, 0.05) is 12.6 Å². The predicted octanol–water partition coefficient (Wildman–Crippen LogP) is 0.315. The minimum atomic E-state index is -0.540. The van der Waals surface area contributed by atoms with Gasteiger partial charge in [-0.2, -0.15) is 0 Å². The van der Waals surface area contributed by atoms with Gasteiger partial charge in [-0.3, -0.25) is 0 Å². The van der Waals surface area contributed by atoms with Gasteiger partial charge in [0.25, 0.3) is 0 Å². The Morgan fingerprint density at radius 1 is 1.47 bits per heavy atom. The van der Waals surface area contributed by atoms with E-state index in [1.54, 1.807) is 0 Å². The lowest BCUT2D eigenvalue weighted by molar-refractivity contribution is 0.000482. The molecule has 1 fully saturated rings. The molecule has 0 aliphatic carbocycles. The maximum Gasteiger partial charge on any atom is 0.410 e. The molecule has 1 rings (SSSR count). The molecule has 1 saturated heterocycles. The van der Waals surface area contributed by atoms with Gasteiger partial charge in [0.1, 0.15) is 5.60 Å². The van der Waals surface area contributed by atoms with Crippen molar-refractivity contribution < 1.29 is 14.6 Å². The van der Waals surface area contributed by atoms with Crippen LogP contribution in [0, 0.1) is 0 Å². The van der Waals surface area contributed by atoms with Crippen molar-refractivity contribution in [3.63, 3.8) is 0 Å². The monoisotopic (exact) mass is 216 g/mol. The predicted molar refractivity (Wildman–Crippen MR) is 56.4 cm³/mol. The number of aliphatic hydroxyl groups excluding tert-OH is 1. The fraction of sp³-hybridized carbons (Fsp3) is 0.900. The van der Waals surface area contributed by atoms with Crippen LogP contribution in [0.15, 0.2) is 0 Å². The van der Waals surface area contributed by atoms with E-state index in [1.165, 1.54) is 4.90 Å². The Bertz CT molecular complexity index is 227. The summed E-state index contributed by atoms with van der Waals surface area (Å²) in [6.45, 7) is 6.19. The lowest BCUT2D eigenvalue weighted by atomic mass is 10.0. The number of nitrogens with zero attached hydrogens (tertiary/aromatic N) is 1. The molecule has 0 aromatic carbocycles. The lowest BCUT2D eigenvalue weighted by Crippen LogP contribution is -2.52. The second kappa shape index (κ2) is 4.37. The molecule has 2 atom stereocenters. The van der Waals surface area contributed by atoms with Crippen LogP contribution in [0.4, 0.5) is 4.79 Å². The number of hydrogen-bond acceptors (Lipinski definition) is 4. The zero-order valence-electron chi connectivity index (χ0n) is 9.56. The van der Waals surface area contributed by atoms with E-state index >= 15 is 0 Å². The molecule has 88 valence electrons. The van der Waals surface area contributed by atoms with Gasteiger partial charge in [-0.05, 0) is 27.2 Å². The van der Waals surface area contributed by atoms with Crippen molar-refractivity contribution in [1.82, 2.24) is 4.90 Å². The number of amides is 1. The SMILES string of the molecule is CC(C)(C)OC(=O)N1C[C@H](N)C[C@@H](O)C1. The summed E-state index contributed by atoms with van der Waals surface area (Å²) in [4.78, 5) is 13.1. The highest BCUT2D eigenvalue weighted by Crippen LogP contribution is 2.14. The Labute approximate surface area is 90.2 Å². The molecule has 0 bridgehead atoms. The zero-order chi connectivity index (χ0) is 11.6. The van der Waals surface area contributed by atoms with Crippen molar-refractivity contribution in [3.05, 3.63) is 0 Å². The molecule has 1 heterocycles. The number of ether oxygens (including phenoxy) is 1. The lowest BCUT2D eigenvalue weighted by Gasteiger charge is -2.35. The number of nitrogens with two attached hydrogens (primary N) is 1. The summed E-state index contributed by atoms with van der Waals surface area (Å²) < 4.78 is 5.19. The molecular weight excluding hydrogens is 196 g/mol. The van der Waals surface area contributed by atoms with Gasteiger partial charge >= 0.3 is 6.09 Å². The van der Waals surface area contributed by atoms with Crippen molar-refractivity contribution in [2.75, 3.05) is 13.1 Å². The molecule has 0 saturated carbocycles. The first-order valence-electron chi connectivity index (χ1n) is 5.19. The average Bonchev–Trinajstić information content (AvgIpc) is 1.98. The number of β-amino-alcohol motifs (C(OH)–C–C–N with tert-alkyl or cyclic N) is 1. The van der Waals surface area contributed by atoms with E-state index in [0.29, 0.717) is 19.5 Å². The first kappa shape index (κ1) is 12.3. The van der Waals surface area contributed by atoms with Crippen LogP contribution in [-0.4, -0.2) is 46.9 Å². The molecule has 0 spiro atoms. The number of aliphatic hydroxyl groups is 1. The standard InChI is InChI=1S/C10H20N2O3/c1-10(2,3)15-9(14)12-5-7(11)4-8(13)6-12/h7-8,13H,4-6,11H2,1-3H3/t7-,8-/m1/s1. The average molecular weight is 216 g/mol. The molecule has 0 aromatic rings. The molecule has 15 heavy (non-hydrogen) atoms. The van der Waals surface area contributed by atoms with E-state index in [2.05, 4.69) is 0 Å². The van der Waals surface area contributed by atoms with Crippen molar-refractivity contribution in [3.8, 4) is 0 Å². The van der Waals surface area contributed by atoms with Crippen molar-refractivity contribution in [2.24, 2.45) is 5.73 Å². The third kappa shape index (κ3) is 4.05. The first-order valence-corrected chi connectivity index (χ1v) is 5.19. The summed E-state index contributed by atoms with van der Waals surface area (Å²) in [5, 5.41) is 9.47. The van der Waals surface area contributed by atoms with Crippen LogP contribution in [-0.2, 0) is 4.74 Å². The van der Waals surface area contributed by atoms with E-state index in [0.717, 1.165) is 0 Å². The van der Waals surface area contributed by atoms with E-state index in [9.17, 15) is 9.90 Å². The number of carbonyl (C=O) groups is 1. The van der Waals surface area contributed by atoms with Crippen molar-refractivity contribution in [1.29, 1.82) is 0 Å². The van der Waals surface area contributed by atoms with Gasteiger partial charge in [-0.15, -0.1) is 0 Å². The molecule has 1 aliphatic rings. The smallest absolute Gasteiger partial charge is 0.410 e. The molecule has 5 heteroatoms. The van der Waals surface area contributed by atoms with Gasteiger partial charge in [0.15, 0.2) is 0 Å². The molecule has 0 aromatic heterocycles. The van der Waals surface area contributed by atoms with Gasteiger partial charge in [-0.25, -0.2) is 4.79 Å². The molecule has 5 nitrogen and oxygen atoms in total. The van der Waals surface area contributed by atoms with Crippen LogP contribution in [0.5, 0.6) is 0 Å². The fourth-order valence-corrected chi connectivity index (χ4v) is 1.59. The highest BCUT2D eigenvalue weighted by molar-refractivity contribution is 5.68. The van der Waals surface area contributed by atoms with Crippen LogP contribution in [0.2, 0.25) is 0 Å². The number of hydrogen-bond donors (Lipinski definition) is 2. The summed E-state index contributed by atoms with van der Waals surface area (Å²) in [6.07, 6.45) is -0.405. The Balaban J connectivity index is 2.52. The zero-order valence-corrected chi connectivity index (χ0v) is 9.56. The van der Waals surface area contributed by atoms with E-state index in [-0.39, 0.29) is 6.04 Å². The molecule has 1 aliphatic heterocycles. The molecule has 0 unspecified atom stereocenters. The highest BCUT2D eigenvalue weighted by atomic mass is 16.6. The molecule has 0 radical (unpaired) electrons. The van der Waals surface area contributed by atoms with Crippen LogP contribution < -0.4 is 5.73 Å². The topological polar surface area (TPSA) is 75.8 Å². The minimum Gasteiger partial charge on any atom is -0.444 e. The summed E-state index contributed by atoms with van der Waals surface area (Å²) >= 11 is 0. The maximum absolute atomic E-state index is 11.6. The Kier molecular flexibility index (Phi) is 3.57. The normalized spacial score (nSPS) is 27.7. The summed E-state index contributed by atoms with van der Waals surface area (Å²) in [6, 6.07) is -0.165. The van der Waals surface area contributed by atoms with Crippen LogP contribution >= 0.6 is 0 Å². The Morgan fingerprint density at radius 2 is 2.07 bits per heavy atom. The van der Waals surface area contributed by atoms with Gasteiger partial charge in [0.2, 0.25) is 0 Å². The number of likely N-dealkylation sites (tertiary alicyclic amines) is 1. The van der Waals surface area contributed by atoms with Crippen LogP contribution in [0.25, 0.3) is 0 Å². The third-order valence-electron chi connectivity index (χ3n) is 2.11. The molecule has 1 amide bonds. The summed E-state index contributed by atoms with van der Waals surface area (Å²) in [5.41, 5.74) is 5.20. The first-order chi connectivity index (χ1) is 6.78. The quantitative estimate of drug-likeness (QED) is 0.611. The number of carbonyl (C=O) groups excluding carboxylic acids is 1. The van der Waals surface area contributed by atoms with E-state index < -0.39 is 17.8 Å². The Morgan fingerprint density at radius 3 is 2.53 bits per heavy atom. The number of rotatable bonds is 0. The fourth-order valence-electron chi connectivity index (χ4n) is 1.59. The van der Waals surface area contributed by atoms with Crippen molar-refractivity contribution in [2.45, 2.75) is 44.9 Å². The molecule has 3 N–H and O–H groups in total. The Hall–Kier alpha value is -0.810. The van der Waals surface area contributed by atoms with Gasteiger partial charge in [0.05, 0.1) is 12.6 Å². The number of piperidine rings is 1. The van der Waals surface area contributed by atoms with Crippen molar-refractivity contribution >= 4 is 6.09 Å². The van der Waals surface area contributed by atoms with E-state index in [4.69, 9.17) is 10.5 Å². The van der Waals surface area contributed by atoms with Crippen LogP contribution in [0.3, 0.4) is 0 Å². The largest absolute Gasteiger partial charge is 0.444 e. The van der Waals surface area contributed by atoms with Gasteiger partial charge < -0.3 is 20.5 Å². The second-order valence-electron chi connectivity index (χ2n) is 5.03.